The number of carbonyl (C=O) groups is 2. The van der Waals surface area contributed by atoms with Gasteiger partial charge in [-0.1, -0.05) is 85.0 Å². The third-order valence-corrected chi connectivity index (χ3v) is 7.56. The highest BCUT2D eigenvalue weighted by atomic mass is 35.5. The van der Waals surface area contributed by atoms with E-state index >= 15 is 0 Å². The second-order valence-corrected chi connectivity index (χ2v) is 11.6. The molecule has 0 heterocycles. The third-order valence-electron chi connectivity index (χ3n) is 5.71. The Balaban J connectivity index is 1.86. The summed E-state index contributed by atoms with van der Waals surface area (Å²) >= 11 is 20.1. The van der Waals surface area contributed by atoms with Crippen molar-refractivity contribution in [2.45, 2.75) is 44.2 Å². The van der Waals surface area contributed by atoms with E-state index in [4.69, 9.17) is 34.8 Å². The summed E-state index contributed by atoms with van der Waals surface area (Å²) in [6, 6.07) is 21.8. The minimum Gasteiger partial charge on any atom is -0.354 e. The molecule has 1 atom stereocenters. The summed E-state index contributed by atoms with van der Waals surface area (Å²) in [6.45, 7) is 4.81. The summed E-state index contributed by atoms with van der Waals surface area (Å²) in [5, 5.41) is 4.67. The summed E-state index contributed by atoms with van der Waals surface area (Å²) in [6.07, 6.45) is 0.660. The molecule has 3 rings (SSSR count). The van der Waals surface area contributed by atoms with Gasteiger partial charge in [0.25, 0.3) is 0 Å². The molecule has 0 fully saturated rings. The van der Waals surface area contributed by atoms with E-state index in [0.717, 1.165) is 16.0 Å². The van der Waals surface area contributed by atoms with Crippen LogP contribution in [-0.4, -0.2) is 35.1 Å². The van der Waals surface area contributed by atoms with Gasteiger partial charge >= 0.3 is 0 Å². The molecule has 1 N–H and O–H groups in total. The molecule has 4 nitrogen and oxygen atoms in total. The Labute approximate surface area is 238 Å². The van der Waals surface area contributed by atoms with Crippen molar-refractivity contribution < 1.29 is 9.59 Å². The molecule has 0 spiro atoms. The highest BCUT2D eigenvalue weighted by Gasteiger charge is 2.30. The van der Waals surface area contributed by atoms with Crippen molar-refractivity contribution in [3.63, 3.8) is 0 Å². The lowest BCUT2D eigenvalue weighted by molar-refractivity contribution is -0.141. The van der Waals surface area contributed by atoms with Gasteiger partial charge < -0.3 is 10.2 Å². The maximum absolute atomic E-state index is 13.7. The molecular formula is C29H31Cl3N2O2S. The van der Waals surface area contributed by atoms with Crippen LogP contribution in [-0.2, 0) is 22.6 Å². The maximum atomic E-state index is 13.7. The molecular weight excluding hydrogens is 547 g/mol. The lowest BCUT2D eigenvalue weighted by atomic mass is 10.0. The summed E-state index contributed by atoms with van der Waals surface area (Å²) in [7, 11) is 0. The van der Waals surface area contributed by atoms with Crippen LogP contribution in [0, 0.1) is 5.92 Å². The highest BCUT2D eigenvalue weighted by Crippen LogP contribution is 2.26. The molecule has 0 aliphatic heterocycles. The van der Waals surface area contributed by atoms with Crippen LogP contribution >= 0.6 is 46.6 Å². The van der Waals surface area contributed by atoms with E-state index in [1.807, 2.05) is 68.4 Å². The van der Waals surface area contributed by atoms with Crippen molar-refractivity contribution in [1.82, 2.24) is 10.2 Å². The molecule has 0 saturated heterocycles. The Kier molecular flexibility index (Phi) is 11.7. The van der Waals surface area contributed by atoms with Crippen LogP contribution in [0.25, 0.3) is 0 Å². The molecule has 0 aliphatic rings. The van der Waals surface area contributed by atoms with E-state index < -0.39 is 6.04 Å². The second-order valence-electron chi connectivity index (χ2n) is 9.15. The fraction of sp³-hybridized carbons (Fsp3) is 0.310. The number of nitrogens with one attached hydrogen (secondary N) is 1. The Morgan fingerprint density at radius 1 is 0.919 bits per heavy atom. The standard InChI is InChI=1S/C29H31Cl3N2O2S/c1-20(2)18-33-29(36)27(16-21-6-4-3-5-7-21)34(19-22-8-9-24(31)17-26(22)32)28(35)14-15-37-25-12-10-23(30)11-13-25/h3-13,17,20,27H,14-16,18-19H2,1-2H3,(H,33,36)/t27-/m1/s1. The average Bonchev–Trinajstić information content (AvgIpc) is 2.87. The molecule has 3 aromatic rings. The zero-order valence-electron chi connectivity index (χ0n) is 20.9. The largest absolute Gasteiger partial charge is 0.354 e. The van der Waals surface area contributed by atoms with Crippen LogP contribution in [0.15, 0.2) is 77.7 Å². The van der Waals surface area contributed by atoms with Gasteiger partial charge in [0.15, 0.2) is 0 Å². The van der Waals surface area contributed by atoms with Crippen LogP contribution in [0.5, 0.6) is 0 Å². The molecule has 0 unspecified atom stereocenters. The lowest BCUT2D eigenvalue weighted by Crippen LogP contribution is -2.51. The monoisotopic (exact) mass is 576 g/mol. The predicted molar refractivity (Wildman–Crippen MR) is 156 cm³/mol. The van der Waals surface area contributed by atoms with Gasteiger partial charge in [-0.05, 0) is 53.4 Å². The average molecular weight is 578 g/mol. The molecule has 0 radical (unpaired) electrons. The quantitative estimate of drug-likeness (QED) is 0.226. The van der Waals surface area contributed by atoms with Crippen molar-refractivity contribution >= 4 is 58.4 Å². The summed E-state index contributed by atoms with van der Waals surface area (Å²) < 4.78 is 0. The molecule has 0 bridgehead atoms. The minimum atomic E-state index is -0.694. The van der Waals surface area contributed by atoms with E-state index in [1.165, 1.54) is 0 Å². The van der Waals surface area contributed by atoms with Crippen molar-refractivity contribution in [3.05, 3.63) is 99.0 Å². The molecule has 0 aromatic heterocycles. The van der Waals surface area contributed by atoms with E-state index in [-0.39, 0.29) is 30.7 Å². The predicted octanol–water partition coefficient (Wildman–Crippen LogP) is 7.54. The number of halogens is 3. The highest BCUT2D eigenvalue weighted by molar-refractivity contribution is 7.99. The van der Waals surface area contributed by atoms with Crippen molar-refractivity contribution in [1.29, 1.82) is 0 Å². The van der Waals surface area contributed by atoms with Gasteiger partial charge in [0, 0.05) is 51.6 Å². The number of rotatable bonds is 12. The smallest absolute Gasteiger partial charge is 0.243 e. The lowest BCUT2D eigenvalue weighted by Gasteiger charge is -2.32. The van der Waals surface area contributed by atoms with Crippen molar-refractivity contribution in [2.24, 2.45) is 5.92 Å². The number of amides is 2. The van der Waals surface area contributed by atoms with Gasteiger partial charge in [0.1, 0.15) is 6.04 Å². The van der Waals surface area contributed by atoms with E-state index in [1.54, 1.807) is 34.9 Å². The third kappa shape index (κ3) is 9.57. The van der Waals surface area contributed by atoms with Crippen LogP contribution < -0.4 is 5.32 Å². The van der Waals surface area contributed by atoms with Crippen molar-refractivity contribution in [3.8, 4) is 0 Å². The SMILES string of the molecule is CC(C)CNC(=O)[C@@H](Cc1ccccc1)N(Cc1ccc(Cl)cc1Cl)C(=O)CCSc1ccc(Cl)cc1. The van der Waals surface area contributed by atoms with Gasteiger partial charge in [-0.2, -0.15) is 0 Å². The number of benzene rings is 3. The minimum absolute atomic E-state index is 0.117. The molecule has 37 heavy (non-hydrogen) atoms. The molecule has 0 saturated carbocycles. The number of hydrogen-bond donors (Lipinski definition) is 1. The fourth-order valence-corrected chi connectivity index (χ4v) is 5.18. The Morgan fingerprint density at radius 2 is 1.59 bits per heavy atom. The zero-order chi connectivity index (χ0) is 26.8. The Hall–Kier alpha value is -2.18. The van der Waals surface area contributed by atoms with Crippen LogP contribution in [0.1, 0.15) is 31.4 Å². The number of hydrogen-bond acceptors (Lipinski definition) is 3. The molecule has 0 aliphatic carbocycles. The van der Waals surface area contributed by atoms with Gasteiger partial charge in [0.05, 0.1) is 0 Å². The number of thioether (sulfide) groups is 1. The Bertz CT molecular complexity index is 1170. The molecule has 2 amide bonds. The second kappa shape index (κ2) is 14.7. The zero-order valence-corrected chi connectivity index (χ0v) is 24.0. The molecule has 196 valence electrons. The van der Waals surface area contributed by atoms with E-state index in [9.17, 15) is 9.59 Å². The Morgan fingerprint density at radius 3 is 2.24 bits per heavy atom. The van der Waals surface area contributed by atoms with Crippen LogP contribution in [0.3, 0.4) is 0 Å². The normalized spacial score (nSPS) is 11.8. The first-order chi connectivity index (χ1) is 17.7. The maximum Gasteiger partial charge on any atom is 0.243 e. The number of carbonyl (C=O) groups excluding carboxylic acids is 2. The fourth-order valence-electron chi connectivity index (χ4n) is 3.74. The van der Waals surface area contributed by atoms with Gasteiger partial charge in [0.2, 0.25) is 11.8 Å². The summed E-state index contributed by atoms with van der Waals surface area (Å²) in [4.78, 5) is 29.8. The van der Waals surface area contributed by atoms with Crippen molar-refractivity contribution in [2.75, 3.05) is 12.3 Å². The van der Waals surface area contributed by atoms with Gasteiger partial charge in [-0.3, -0.25) is 9.59 Å². The summed E-state index contributed by atoms with van der Waals surface area (Å²) in [5.41, 5.74) is 1.71. The molecule has 3 aromatic carbocycles. The first kappa shape index (κ1) is 29.4. The van der Waals surface area contributed by atoms with Crippen LogP contribution in [0.2, 0.25) is 15.1 Å². The van der Waals surface area contributed by atoms with Crippen LogP contribution in [0.4, 0.5) is 0 Å². The van der Waals surface area contributed by atoms with E-state index in [2.05, 4.69) is 5.32 Å². The first-order valence-electron chi connectivity index (χ1n) is 12.2. The number of nitrogens with zero attached hydrogens (tertiary/aromatic N) is 1. The molecule has 8 heteroatoms. The van der Waals surface area contributed by atoms with Gasteiger partial charge in [-0.15, -0.1) is 11.8 Å². The topological polar surface area (TPSA) is 49.4 Å². The first-order valence-corrected chi connectivity index (χ1v) is 14.3. The van der Waals surface area contributed by atoms with E-state index in [0.29, 0.717) is 33.8 Å². The van der Waals surface area contributed by atoms with Gasteiger partial charge in [-0.25, -0.2) is 0 Å². The summed E-state index contributed by atoms with van der Waals surface area (Å²) in [5.74, 6) is 0.554.